The molecule has 1 aliphatic carbocycles. The zero-order valence-electron chi connectivity index (χ0n) is 11.3. The molecular formula is C15H21N3O. The van der Waals surface area contributed by atoms with Gasteiger partial charge in [-0.2, -0.15) is 0 Å². The second-order valence-electron chi connectivity index (χ2n) is 5.55. The molecule has 0 bridgehead atoms. The molecule has 19 heavy (non-hydrogen) atoms. The fourth-order valence-corrected chi connectivity index (χ4v) is 2.66. The lowest BCUT2D eigenvalue weighted by Crippen LogP contribution is -2.36. The Morgan fingerprint density at radius 3 is 2.84 bits per heavy atom. The first-order chi connectivity index (χ1) is 9.33. The van der Waals surface area contributed by atoms with Gasteiger partial charge >= 0.3 is 0 Å². The Hall–Kier alpha value is -1.42. The molecule has 0 atom stereocenters. The molecule has 0 aromatic carbocycles. The molecule has 0 unspecified atom stereocenters. The summed E-state index contributed by atoms with van der Waals surface area (Å²) in [5, 5.41) is 0. The van der Waals surface area contributed by atoms with Gasteiger partial charge in [-0.15, -0.1) is 0 Å². The Morgan fingerprint density at radius 1 is 1.21 bits per heavy atom. The van der Waals surface area contributed by atoms with E-state index in [-0.39, 0.29) is 0 Å². The van der Waals surface area contributed by atoms with Crippen molar-refractivity contribution in [3.8, 4) is 0 Å². The number of pyridine rings is 1. The first kappa shape index (κ1) is 12.6. The summed E-state index contributed by atoms with van der Waals surface area (Å²) < 4.78 is 0. The largest absolute Gasteiger partial charge is 0.341 e. The smallest absolute Gasteiger partial charge is 0.225 e. The van der Waals surface area contributed by atoms with Crippen molar-refractivity contribution >= 4 is 5.91 Å². The zero-order chi connectivity index (χ0) is 13.1. The summed E-state index contributed by atoms with van der Waals surface area (Å²) in [7, 11) is 0. The molecule has 0 N–H and O–H groups in total. The van der Waals surface area contributed by atoms with Crippen LogP contribution in [0.1, 0.15) is 25.0 Å². The first-order valence-electron chi connectivity index (χ1n) is 7.24. The molecule has 1 aliphatic heterocycles. The van der Waals surface area contributed by atoms with Crippen LogP contribution in [0, 0.1) is 5.92 Å². The third kappa shape index (κ3) is 3.32. The van der Waals surface area contributed by atoms with E-state index >= 15 is 0 Å². The van der Waals surface area contributed by atoms with Crippen LogP contribution < -0.4 is 0 Å². The van der Waals surface area contributed by atoms with Crippen molar-refractivity contribution in [1.29, 1.82) is 0 Å². The third-order valence-corrected chi connectivity index (χ3v) is 3.94. The van der Waals surface area contributed by atoms with Crippen molar-refractivity contribution < 1.29 is 4.79 Å². The van der Waals surface area contributed by atoms with Crippen LogP contribution in [0.3, 0.4) is 0 Å². The van der Waals surface area contributed by atoms with Crippen LogP contribution in [0.15, 0.2) is 24.4 Å². The van der Waals surface area contributed by atoms with Crippen LogP contribution in [-0.4, -0.2) is 46.9 Å². The molecule has 4 nitrogen and oxygen atoms in total. The van der Waals surface area contributed by atoms with E-state index < -0.39 is 0 Å². The van der Waals surface area contributed by atoms with Gasteiger partial charge in [-0.1, -0.05) is 6.07 Å². The molecule has 4 heteroatoms. The lowest BCUT2D eigenvalue weighted by Gasteiger charge is -2.21. The molecule has 1 saturated carbocycles. The van der Waals surface area contributed by atoms with Gasteiger partial charge < -0.3 is 4.90 Å². The van der Waals surface area contributed by atoms with Gasteiger partial charge in [-0.25, -0.2) is 0 Å². The highest BCUT2D eigenvalue weighted by Crippen LogP contribution is 2.31. The standard InChI is InChI=1S/C15H21N3O/c19-15(13-5-6-13)18-9-3-8-17(10-11-18)12-14-4-1-2-7-16-14/h1-2,4,7,13H,3,5-6,8-12H2. The minimum absolute atomic E-state index is 0.349. The quantitative estimate of drug-likeness (QED) is 0.826. The highest BCUT2D eigenvalue weighted by atomic mass is 16.2. The van der Waals surface area contributed by atoms with E-state index in [2.05, 4.69) is 20.9 Å². The molecule has 0 radical (unpaired) electrons. The lowest BCUT2D eigenvalue weighted by molar-refractivity contribution is -0.132. The number of aromatic nitrogens is 1. The Morgan fingerprint density at radius 2 is 2.11 bits per heavy atom. The van der Waals surface area contributed by atoms with E-state index in [1.165, 1.54) is 0 Å². The van der Waals surface area contributed by atoms with Crippen LogP contribution in [-0.2, 0) is 11.3 Å². The molecule has 102 valence electrons. The minimum Gasteiger partial charge on any atom is -0.341 e. The van der Waals surface area contributed by atoms with E-state index in [1.54, 1.807) is 0 Å². The number of carbonyl (C=O) groups excluding carboxylic acids is 1. The molecule has 1 amide bonds. The summed E-state index contributed by atoms with van der Waals surface area (Å²) >= 11 is 0. The highest BCUT2D eigenvalue weighted by Gasteiger charge is 2.33. The molecule has 0 spiro atoms. The minimum atomic E-state index is 0.349. The number of hydrogen-bond donors (Lipinski definition) is 0. The summed E-state index contributed by atoms with van der Waals surface area (Å²) in [5.74, 6) is 0.738. The Kier molecular flexibility index (Phi) is 3.78. The third-order valence-electron chi connectivity index (χ3n) is 3.94. The van der Waals surface area contributed by atoms with Crippen LogP contribution >= 0.6 is 0 Å². The second-order valence-corrected chi connectivity index (χ2v) is 5.55. The SMILES string of the molecule is O=C(C1CC1)N1CCCN(Cc2ccccn2)CC1. The average Bonchev–Trinajstić information content (AvgIpc) is 3.27. The maximum Gasteiger partial charge on any atom is 0.225 e. The van der Waals surface area contributed by atoms with Crippen LogP contribution in [0.5, 0.6) is 0 Å². The van der Waals surface area contributed by atoms with Crippen molar-refractivity contribution in [2.75, 3.05) is 26.2 Å². The van der Waals surface area contributed by atoms with Crippen molar-refractivity contribution in [2.24, 2.45) is 5.92 Å². The van der Waals surface area contributed by atoms with E-state index in [0.29, 0.717) is 11.8 Å². The lowest BCUT2D eigenvalue weighted by atomic mass is 10.3. The normalized spacial score (nSPS) is 21.2. The van der Waals surface area contributed by atoms with E-state index in [9.17, 15) is 4.79 Å². The molecule has 2 aliphatic rings. The predicted molar refractivity (Wildman–Crippen MR) is 73.4 cm³/mol. The summed E-state index contributed by atoms with van der Waals surface area (Å²) in [4.78, 5) is 20.9. The van der Waals surface area contributed by atoms with Gasteiger partial charge in [0.1, 0.15) is 0 Å². The van der Waals surface area contributed by atoms with Gasteiger partial charge in [-0.05, 0) is 31.4 Å². The number of rotatable bonds is 3. The van der Waals surface area contributed by atoms with Crippen LogP contribution in [0.25, 0.3) is 0 Å². The first-order valence-corrected chi connectivity index (χ1v) is 7.24. The van der Waals surface area contributed by atoms with Gasteiger partial charge in [-0.3, -0.25) is 14.7 Å². The molecule has 2 heterocycles. The number of amides is 1. The van der Waals surface area contributed by atoms with Gasteiger partial charge in [0.15, 0.2) is 0 Å². The number of hydrogen-bond acceptors (Lipinski definition) is 3. The zero-order valence-corrected chi connectivity index (χ0v) is 11.3. The Balaban J connectivity index is 1.54. The Bertz CT molecular complexity index is 430. The van der Waals surface area contributed by atoms with Gasteiger partial charge in [0.25, 0.3) is 0 Å². The van der Waals surface area contributed by atoms with Crippen molar-refractivity contribution in [3.63, 3.8) is 0 Å². The van der Waals surface area contributed by atoms with Crippen molar-refractivity contribution in [1.82, 2.24) is 14.8 Å². The summed E-state index contributed by atoms with van der Waals surface area (Å²) in [6.45, 7) is 4.72. The maximum absolute atomic E-state index is 12.1. The topological polar surface area (TPSA) is 36.4 Å². The van der Waals surface area contributed by atoms with Gasteiger partial charge in [0.05, 0.1) is 5.69 Å². The predicted octanol–water partition coefficient (Wildman–Crippen LogP) is 1.53. The molecule has 1 aromatic heterocycles. The Labute approximate surface area is 114 Å². The monoisotopic (exact) mass is 259 g/mol. The fourth-order valence-electron chi connectivity index (χ4n) is 2.66. The summed E-state index contributed by atoms with van der Waals surface area (Å²) in [5.41, 5.74) is 1.12. The van der Waals surface area contributed by atoms with Gasteiger partial charge in [0, 0.05) is 44.8 Å². The summed E-state index contributed by atoms with van der Waals surface area (Å²) in [6.07, 6.45) is 5.13. The van der Waals surface area contributed by atoms with E-state index in [4.69, 9.17) is 0 Å². The fraction of sp³-hybridized carbons (Fsp3) is 0.600. The number of carbonyl (C=O) groups is 1. The van der Waals surface area contributed by atoms with E-state index in [0.717, 1.165) is 57.7 Å². The van der Waals surface area contributed by atoms with Crippen molar-refractivity contribution in [2.45, 2.75) is 25.8 Å². The van der Waals surface area contributed by atoms with Crippen LogP contribution in [0.4, 0.5) is 0 Å². The van der Waals surface area contributed by atoms with Gasteiger partial charge in [0.2, 0.25) is 5.91 Å². The van der Waals surface area contributed by atoms with Crippen LogP contribution in [0.2, 0.25) is 0 Å². The second kappa shape index (κ2) is 5.70. The maximum atomic E-state index is 12.1. The average molecular weight is 259 g/mol. The van der Waals surface area contributed by atoms with Crippen molar-refractivity contribution in [3.05, 3.63) is 30.1 Å². The molecule has 3 rings (SSSR count). The molecular weight excluding hydrogens is 238 g/mol. The highest BCUT2D eigenvalue weighted by molar-refractivity contribution is 5.81. The number of nitrogens with zero attached hydrogens (tertiary/aromatic N) is 3. The molecule has 1 aromatic rings. The molecule has 1 saturated heterocycles. The summed E-state index contributed by atoms with van der Waals surface area (Å²) in [6, 6.07) is 6.04. The van der Waals surface area contributed by atoms with E-state index in [1.807, 2.05) is 18.3 Å². The molecule has 2 fully saturated rings.